The van der Waals surface area contributed by atoms with Gasteiger partial charge in [0.15, 0.2) is 0 Å². The highest BCUT2D eigenvalue weighted by Gasteiger charge is 2.45. The van der Waals surface area contributed by atoms with Crippen LogP contribution >= 0.6 is 23.5 Å². The van der Waals surface area contributed by atoms with Crippen LogP contribution < -0.4 is 30.8 Å². The Bertz CT molecular complexity index is 1010. The summed E-state index contributed by atoms with van der Waals surface area (Å²) in [6.07, 6.45) is -3.59. The summed E-state index contributed by atoms with van der Waals surface area (Å²) in [7, 11) is -18.1. The van der Waals surface area contributed by atoms with Crippen molar-refractivity contribution in [3.63, 3.8) is 0 Å². The topological polar surface area (TPSA) is 276 Å². The third-order valence-corrected chi connectivity index (χ3v) is 7.30. The molecule has 1 aromatic heterocycles. The number of aliphatic hydroxyl groups excluding tert-OH is 2. The Labute approximate surface area is 165 Å². The molecule has 1 aliphatic rings. The van der Waals surface area contributed by atoms with Gasteiger partial charge in [-0.3, -0.25) is 27.8 Å². The first-order valence-corrected chi connectivity index (χ1v) is 12.0. The smallest absolute Gasteiger partial charge is 0.330 e. The molecule has 1 saturated heterocycles. The molecule has 0 saturated carbocycles. The number of phosphoric acid groups is 3. The lowest BCUT2D eigenvalue weighted by Crippen LogP contribution is -2.36. The summed E-state index contributed by atoms with van der Waals surface area (Å²) in [6.45, 7) is -1.87. The summed E-state index contributed by atoms with van der Waals surface area (Å²) in [6, 6.07) is 0.936. The Morgan fingerprint density at radius 2 is 1.77 bits per heavy atom. The molecule has 2 heterocycles. The molecule has 2 rings (SSSR count). The molecule has 172 valence electrons. The minimum Gasteiger partial charge on any atom is -0.790 e. The van der Waals surface area contributed by atoms with E-state index in [1.165, 1.54) is 0 Å². The number of aromatic nitrogens is 2. The molecule has 17 nitrogen and oxygen atoms in total. The second-order valence-corrected chi connectivity index (χ2v) is 9.97. The van der Waals surface area contributed by atoms with Crippen molar-refractivity contribution in [2.24, 2.45) is 5.92 Å². The molecule has 0 bridgehead atoms. The van der Waals surface area contributed by atoms with E-state index in [0.717, 1.165) is 16.8 Å². The van der Waals surface area contributed by atoms with Crippen molar-refractivity contribution in [1.29, 1.82) is 0 Å². The van der Waals surface area contributed by atoms with Crippen molar-refractivity contribution in [3.8, 4) is 0 Å². The second kappa shape index (κ2) is 9.22. The number of hydrogen-bond donors (Lipinski definition) is 3. The van der Waals surface area contributed by atoms with Crippen LogP contribution in [0, 0.1) is 5.92 Å². The van der Waals surface area contributed by atoms with Crippen LogP contribution in [-0.2, 0) is 31.6 Å². The Balaban J connectivity index is 2.10. The van der Waals surface area contributed by atoms with Crippen molar-refractivity contribution in [1.82, 2.24) is 9.55 Å². The summed E-state index contributed by atoms with van der Waals surface area (Å²) in [4.78, 5) is 68.1. The van der Waals surface area contributed by atoms with E-state index in [2.05, 4.69) is 13.1 Å². The maximum atomic E-state index is 11.9. The molecule has 30 heavy (non-hydrogen) atoms. The average Bonchev–Trinajstić information content (AvgIpc) is 2.85. The van der Waals surface area contributed by atoms with Crippen molar-refractivity contribution >= 4 is 23.5 Å². The SMILES string of the molecule is O=c1ccn([C@@H]2O[C@H](COP(=O)([O-])OP(=O)([O-])OP(=O)([O-])[O-])[C@@H](O)[C@H]2CO)c(=O)[nH]1. The molecule has 0 aromatic carbocycles. The minimum absolute atomic E-state index is 0.746. The van der Waals surface area contributed by atoms with Gasteiger partial charge < -0.3 is 43.6 Å². The standard InChI is InChI=1S/C10H17N2O15P3/c13-3-5-8(15)6(25-9(5)12-2-1-7(14)11-10(12)16)4-24-29(20,21)27-30(22,23)26-28(17,18)19/h1-2,5-6,8-9,13,15H,3-4H2,(H,20,21)(H,22,23)(H,11,14,16)(H2,17,18,19)/p-4/t5-,6-,8+,9-/m1/s1. The van der Waals surface area contributed by atoms with Crippen molar-refractivity contribution in [3.05, 3.63) is 33.1 Å². The average molecular weight is 494 g/mol. The van der Waals surface area contributed by atoms with Gasteiger partial charge >= 0.3 is 5.69 Å². The number of phosphoric ester groups is 1. The molecule has 0 amide bonds. The molecular weight excluding hydrogens is 481 g/mol. The lowest BCUT2D eigenvalue weighted by molar-refractivity contribution is -0.339. The Morgan fingerprint density at radius 3 is 2.30 bits per heavy atom. The van der Waals surface area contributed by atoms with Gasteiger partial charge in [0.1, 0.15) is 12.3 Å². The fourth-order valence-electron chi connectivity index (χ4n) is 2.49. The van der Waals surface area contributed by atoms with Gasteiger partial charge in [0, 0.05) is 12.3 Å². The Hall–Kier alpha value is -1.03. The highest BCUT2D eigenvalue weighted by molar-refractivity contribution is 7.64. The van der Waals surface area contributed by atoms with Crippen LogP contribution in [-0.4, -0.2) is 45.2 Å². The number of nitrogens with one attached hydrogen (secondary N) is 1. The summed E-state index contributed by atoms with van der Waals surface area (Å²) in [5.41, 5.74) is -1.72. The first-order chi connectivity index (χ1) is 13.6. The first-order valence-electron chi connectivity index (χ1n) is 7.61. The van der Waals surface area contributed by atoms with Crippen molar-refractivity contribution in [2.75, 3.05) is 13.2 Å². The van der Waals surface area contributed by atoms with Crippen molar-refractivity contribution < 1.29 is 61.4 Å². The normalized spacial score (nSPS) is 28.7. The first kappa shape index (κ1) is 25.2. The lowest BCUT2D eigenvalue weighted by Gasteiger charge is -2.37. The van der Waals surface area contributed by atoms with E-state index in [1.807, 2.05) is 4.98 Å². The highest BCUT2D eigenvalue weighted by atomic mass is 31.3. The van der Waals surface area contributed by atoms with Gasteiger partial charge in [0.2, 0.25) is 0 Å². The highest BCUT2D eigenvalue weighted by Crippen LogP contribution is 2.60. The molecule has 0 aliphatic carbocycles. The number of aliphatic hydroxyl groups is 2. The zero-order chi connectivity index (χ0) is 22.9. The van der Waals surface area contributed by atoms with Gasteiger partial charge in [0.05, 0.1) is 33.1 Å². The number of nitrogens with zero attached hydrogens (tertiary/aromatic N) is 1. The molecule has 20 heteroatoms. The predicted molar refractivity (Wildman–Crippen MR) is 82.8 cm³/mol. The van der Waals surface area contributed by atoms with Crippen LogP contribution in [0.2, 0.25) is 0 Å². The molecule has 2 unspecified atom stereocenters. The van der Waals surface area contributed by atoms with Gasteiger partial charge in [0.25, 0.3) is 21.2 Å². The van der Waals surface area contributed by atoms with Crippen LogP contribution in [0.3, 0.4) is 0 Å². The van der Waals surface area contributed by atoms with E-state index in [1.54, 1.807) is 0 Å². The van der Waals surface area contributed by atoms with E-state index in [9.17, 15) is 53.1 Å². The fourth-order valence-corrected chi connectivity index (χ4v) is 5.35. The maximum Gasteiger partial charge on any atom is 0.330 e. The largest absolute Gasteiger partial charge is 0.790 e. The zero-order valence-corrected chi connectivity index (χ0v) is 17.1. The third kappa shape index (κ3) is 6.73. The lowest BCUT2D eigenvalue weighted by atomic mass is 10.0. The van der Waals surface area contributed by atoms with Crippen LogP contribution in [0.5, 0.6) is 0 Å². The molecule has 0 spiro atoms. The monoisotopic (exact) mass is 494 g/mol. The van der Waals surface area contributed by atoms with Gasteiger partial charge in [-0.1, -0.05) is 0 Å². The van der Waals surface area contributed by atoms with Gasteiger partial charge in [-0.2, -0.15) is 0 Å². The maximum absolute atomic E-state index is 11.9. The molecular formula is C10H13N2O15P3-4. The van der Waals surface area contributed by atoms with Crippen LogP contribution in [0.15, 0.2) is 21.9 Å². The predicted octanol–water partition coefficient (Wildman–Crippen LogP) is -4.78. The number of hydrogen-bond acceptors (Lipinski definition) is 15. The van der Waals surface area contributed by atoms with E-state index in [-0.39, 0.29) is 0 Å². The number of rotatable bonds is 9. The number of H-pyrrole nitrogens is 1. The zero-order valence-electron chi connectivity index (χ0n) is 14.4. The van der Waals surface area contributed by atoms with Gasteiger partial charge in [-0.05, 0) is 0 Å². The molecule has 1 aliphatic heterocycles. The molecule has 0 radical (unpaired) electrons. The molecule has 1 fully saturated rings. The third-order valence-electron chi connectivity index (χ3n) is 3.63. The summed E-state index contributed by atoms with van der Waals surface area (Å²) in [5.74, 6) is -1.20. The van der Waals surface area contributed by atoms with E-state index in [4.69, 9.17) is 4.74 Å². The Morgan fingerprint density at radius 1 is 1.13 bits per heavy atom. The van der Waals surface area contributed by atoms with E-state index >= 15 is 0 Å². The summed E-state index contributed by atoms with van der Waals surface area (Å²) >= 11 is 0. The number of ether oxygens (including phenoxy) is 1. The van der Waals surface area contributed by atoms with Gasteiger partial charge in [-0.25, -0.2) is 9.11 Å². The van der Waals surface area contributed by atoms with Gasteiger partial charge in [-0.15, -0.1) is 0 Å². The van der Waals surface area contributed by atoms with Crippen molar-refractivity contribution in [2.45, 2.75) is 18.4 Å². The summed E-state index contributed by atoms with van der Waals surface area (Å²) in [5, 5.41) is 19.6. The molecule has 3 N–H and O–H groups in total. The Kier molecular flexibility index (Phi) is 7.76. The minimum atomic E-state index is -6.16. The molecule has 1 aromatic rings. The fraction of sp³-hybridized carbons (Fsp3) is 0.600. The van der Waals surface area contributed by atoms with Crippen LogP contribution in [0.4, 0.5) is 0 Å². The van der Waals surface area contributed by atoms with Crippen LogP contribution in [0.1, 0.15) is 6.23 Å². The van der Waals surface area contributed by atoms with Crippen LogP contribution in [0.25, 0.3) is 0 Å². The van der Waals surface area contributed by atoms with E-state index < -0.39 is 72.3 Å². The summed E-state index contributed by atoms with van der Waals surface area (Å²) < 4.78 is 49.5. The number of aromatic amines is 1. The second-order valence-electron chi connectivity index (χ2n) is 5.72. The quantitative estimate of drug-likeness (QED) is 0.272. The van der Waals surface area contributed by atoms with E-state index in [0.29, 0.717) is 0 Å². The molecule has 6 atom stereocenters.